The molecule has 0 radical (unpaired) electrons. The molecule has 0 spiro atoms. The Hall–Kier alpha value is -1.71. The zero-order valence-electron chi connectivity index (χ0n) is 12.5. The lowest BCUT2D eigenvalue weighted by atomic mass is 9.94. The topological polar surface area (TPSA) is 66.8 Å². The molecule has 112 valence electrons. The summed E-state index contributed by atoms with van der Waals surface area (Å²) in [7, 11) is 0. The maximum absolute atomic E-state index is 10.8. The molecule has 0 aliphatic rings. The van der Waals surface area contributed by atoms with Crippen molar-refractivity contribution in [2.24, 2.45) is 0 Å². The van der Waals surface area contributed by atoms with Gasteiger partial charge in [0.15, 0.2) is 11.5 Å². The number of hydrogen-bond donors (Lipinski definition) is 2. The van der Waals surface area contributed by atoms with Crippen molar-refractivity contribution in [2.75, 3.05) is 0 Å². The quantitative estimate of drug-likeness (QED) is 0.444. The maximum Gasteiger partial charge on any atom is 0.511 e. The number of benzene rings is 1. The molecule has 2 N–H and O–H groups in total. The Balaban J connectivity index is 3.22. The second kappa shape index (κ2) is 7.78. The van der Waals surface area contributed by atoms with Crippen molar-refractivity contribution >= 4 is 6.16 Å². The summed E-state index contributed by atoms with van der Waals surface area (Å²) in [5.74, 6) is 0.100. The number of ether oxygens (including phenoxy) is 1. The highest BCUT2D eigenvalue weighted by Gasteiger charge is 2.19. The first-order chi connectivity index (χ1) is 9.54. The van der Waals surface area contributed by atoms with Crippen LogP contribution < -0.4 is 4.74 Å². The summed E-state index contributed by atoms with van der Waals surface area (Å²) < 4.78 is 4.78. The third-order valence-electron chi connectivity index (χ3n) is 3.51. The number of aryl methyl sites for hydroxylation is 2. The van der Waals surface area contributed by atoms with E-state index < -0.39 is 6.16 Å². The van der Waals surface area contributed by atoms with Crippen LogP contribution in [0.1, 0.15) is 56.7 Å². The number of aromatic hydroxyl groups is 1. The summed E-state index contributed by atoms with van der Waals surface area (Å²) in [4.78, 5) is 10.8. The van der Waals surface area contributed by atoms with Crippen LogP contribution in [0.4, 0.5) is 4.79 Å². The van der Waals surface area contributed by atoms with Gasteiger partial charge in [0.05, 0.1) is 0 Å². The molecule has 0 aliphatic carbocycles. The van der Waals surface area contributed by atoms with Crippen LogP contribution >= 0.6 is 0 Å². The largest absolute Gasteiger partial charge is 0.511 e. The van der Waals surface area contributed by atoms with Crippen LogP contribution in [0.15, 0.2) is 6.07 Å². The Morgan fingerprint density at radius 2 is 1.80 bits per heavy atom. The van der Waals surface area contributed by atoms with Crippen LogP contribution in [-0.2, 0) is 19.3 Å². The van der Waals surface area contributed by atoms with E-state index >= 15 is 0 Å². The standard InChI is InChI=1S/C16H24O4/c1-4-7-8-9-13-11(5-2)10-12(6-3)15(14(13)17)20-16(18)19/h10,17H,4-9H2,1-3H3,(H,18,19). The van der Waals surface area contributed by atoms with Crippen LogP contribution in [0.2, 0.25) is 0 Å². The molecule has 20 heavy (non-hydrogen) atoms. The Morgan fingerprint density at radius 3 is 2.30 bits per heavy atom. The van der Waals surface area contributed by atoms with Crippen LogP contribution in [0.5, 0.6) is 11.5 Å². The van der Waals surface area contributed by atoms with Crippen molar-refractivity contribution in [3.05, 3.63) is 22.8 Å². The van der Waals surface area contributed by atoms with Crippen molar-refractivity contribution in [1.82, 2.24) is 0 Å². The molecule has 0 saturated carbocycles. The fraction of sp³-hybridized carbons (Fsp3) is 0.562. The van der Waals surface area contributed by atoms with E-state index in [0.717, 1.165) is 48.8 Å². The van der Waals surface area contributed by atoms with Gasteiger partial charge in [0.25, 0.3) is 0 Å². The molecule has 0 atom stereocenters. The summed E-state index contributed by atoms with van der Waals surface area (Å²) in [6.45, 7) is 6.08. The van der Waals surface area contributed by atoms with Gasteiger partial charge in [-0.25, -0.2) is 4.79 Å². The predicted molar refractivity (Wildman–Crippen MR) is 78.7 cm³/mol. The third kappa shape index (κ3) is 3.89. The Morgan fingerprint density at radius 1 is 1.15 bits per heavy atom. The zero-order chi connectivity index (χ0) is 15.1. The molecule has 0 bridgehead atoms. The van der Waals surface area contributed by atoms with E-state index in [2.05, 4.69) is 6.92 Å². The number of phenols is 1. The molecule has 1 rings (SSSR count). The van der Waals surface area contributed by atoms with Crippen molar-refractivity contribution < 1.29 is 19.7 Å². The molecular weight excluding hydrogens is 256 g/mol. The second-order valence-corrected chi connectivity index (χ2v) is 4.88. The molecule has 0 aromatic heterocycles. The lowest BCUT2D eigenvalue weighted by Crippen LogP contribution is -2.08. The molecule has 1 aromatic rings. The predicted octanol–water partition coefficient (Wildman–Crippen LogP) is 4.31. The van der Waals surface area contributed by atoms with E-state index in [0.29, 0.717) is 6.42 Å². The highest BCUT2D eigenvalue weighted by atomic mass is 16.7. The third-order valence-corrected chi connectivity index (χ3v) is 3.51. The van der Waals surface area contributed by atoms with E-state index in [1.54, 1.807) is 0 Å². The van der Waals surface area contributed by atoms with Gasteiger partial charge in [0, 0.05) is 5.56 Å². The van der Waals surface area contributed by atoms with E-state index in [4.69, 9.17) is 9.84 Å². The first kappa shape index (κ1) is 16.3. The van der Waals surface area contributed by atoms with Gasteiger partial charge in [0.1, 0.15) is 0 Å². The van der Waals surface area contributed by atoms with Gasteiger partial charge in [-0.05, 0) is 36.8 Å². The van der Waals surface area contributed by atoms with Gasteiger partial charge in [0.2, 0.25) is 0 Å². The Labute approximate surface area is 120 Å². The van der Waals surface area contributed by atoms with E-state index in [1.807, 2.05) is 19.9 Å². The summed E-state index contributed by atoms with van der Waals surface area (Å²) in [5, 5.41) is 19.2. The SMILES string of the molecule is CCCCCc1c(CC)cc(CC)c(OC(=O)O)c1O. The maximum atomic E-state index is 10.8. The first-order valence-corrected chi connectivity index (χ1v) is 7.32. The molecule has 4 nitrogen and oxygen atoms in total. The van der Waals surface area contributed by atoms with Gasteiger partial charge in [-0.1, -0.05) is 39.7 Å². The van der Waals surface area contributed by atoms with Gasteiger partial charge in [-0.15, -0.1) is 0 Å². The summed E-state index contributed by atoms with van der Waals surface area (Å²) in [6, 6.07) is 1.96. The van der Waals surface area contributed by atoms with Gasteiger partial charge in [-0.2, -0.15) is 0 Å². The summed E-state index contributed by atoms with van der Waals surface area (Å²) >= 11 is 0. The molecule has 0 fully saturated rings. The lowest BCUT2D eigenvalue weighted by molar-refractivity contribution is 0.142. The number of rotatable bonds is 7. The zero-order valence-corrected chi connectivity index (χ0v) is 12.5. The van der Waals surface area contributed by atoms with Crippen molar-refractivity contribution in [3.63, 3.8) is 0 Å². The van der Waals surface area contributed by atoms with Gasteiger partial charge >= 0.3 is 6.16 Å². The van der Waals surface area contributed by atoms with Crippen LogP contribution in [-0.4, -0.2) is 16.4 Å². The number of phenolic OH excluding ortho intramolecular Hbond substituents is 1. The molecule has 4 heteroatoms. The Kier molecular flexibility index (Phi) is 6.36. The molecular formula is C16H24O4. The molecule has 0 aliphatic heterocycles. The van der Waals surface area contributed by atoms with Crippen molar-refractivity contribution in [3.8, 4) is 11.5 Å². The number of hydrogen-bond acceptors (Lipinski definition) is 3. The number of unbranched alkanes of at least 4 members (excludes halogenated alkanes) is 2. The van der Waals surface area contributed by atoms with Crippen molar-refractivity contribution in [2.45, 2.75) is 59.3 Å². The molecule has 0 saturated heterocycles. The van der Waals surface area contributed by atoms with Crippen LogP contribution in [0, 0.1) is 0 Å². The average Bonchev–Trinajstić information content (AvgIpc) is 2.42. The molecule has 0 unspecified atom stereocenters. The highest BCUT2D eigenvalue weighted by molar-refractivity contribution is 5.66. The summed E-state index contributed by atoms with van der Waals surface area (Å²) in [6.07, 6.45) is 3.98. The Bertz CT molecular complexity index is 466. The molecule has 0 heterocycles. The van der Waals surface area contributed by atoms with E-state index in [-0.39, 0.29) is 11.5 Å². The normalized spacial score (nSPS) is 10.6. The summed E-state index contributed by atoms with van der Waals surface area (Å²) in [5.41, 5.74) is 2.64. The highest BCUT2D eigenvalue weighted by Crippen LogP contribution is 2.38. The van der Waals surface area contributed by atoms with Gasteiger partial charge < -0.3 is 14.9 Å². The fourth-order valence-electron chi connectivity index (χ4n) is 2.41. The number of carbonyl (C=O) groups is 1. The smallest absolute Gasteiger partial charge is 0.504 e. The van der Waals surface area contributed by atoms with Crippen LogP contribution in [0.25, 0.3) is 0 Å². The van der Waals surface area contributed by atoms with Crippen molar-refractivity contribution in [1.29, 1.82) is 0 Å². The average molecular weight is 280 g/mol. The first-order valence-electron chi connectivity index (χ1n) is 7.32. The van der Waals surface area contributed by atoms with Crippen LogP contribution in [0.3, 0.4) is 0 Å². The monoisotopic (exact) mass is 280 g/mol. The number of carboxylic acid groups (broad SMARTS) is 1. The van der Waals surface area contributed by atoms with Gasteiger partial charge in [-0.3, -0.25) is 0 Å². The lowest BCUT2D eigenvalue weighted by Gasteiger charge is -2.16. The minimum absolute atomic E-state index is 0.000275. The molecule has 0 amide bonds. The van der Waals surface area contributed by atoms with E-state index in [1.165, 1.54) is 0 Å². The van der Waals surface area contributed by atoms with E-state index in [9.17, 15) is 9.90 Å². The second-order valence-electron chi connectivity index (χ2n) is 4.88. The fourth-order valence-corrected chi connectivity index (χ4v) is 2.41. The minimum atomic E-state index is -1.39. The minimum Gasteiger partial charge on any atom is -0.504 e. The molecule has 1 aromatic carbocycles.